The number of carbonyl (C=O) groups excluding carboxylic acids is 2. The summed E-state index contributed by atoms with van der Waals surface area (Å²) >= 11 is 0. The van der Waals surface area contributed by atoms with Gasteiger partial charge in [0.2, 0.25) is 0 Å². The van der Waals surface area contributed by atoms with Gasteiger partial charge in [-0.3, -0.25) is 4.79 Å². The molecule has 0 amide bonds. The van der Waals surface area contributed by atoms with Crippen LogP contribution in [0, 0.1) is 11.3 Å². The smallest absolute Gasteiger partial charge is 0.339 e. The third-order valence-corrected chi connectivity index (χ3v) is 5.20. The second-order valence-electron chi connectivity index (χ2n) is 6.43. The van der Waals surface area contributed by atoms with Crippen LogP contribution in [0.2, 0.25) is 0 Å². The molecule has 3 aliphatic rings. The van der Waals surface area contributed by atoms with Gasteiger partial charge < -0.3 is 9.47 Å². The molecule has 4 nitrogen and oxygen atoms in total. The van der Waals surface area contributed by atoms with E-state index in [-0.39, 0.29) is 29.4 Å². The van der Waals surface area contributed by atoms with E-state index in [1.807, 2.05) is 13.0 Å². The third-order valence-electron chi connectivity index (χ3n) is 5.20. The van der Waals surface area contributed by atoms with E-state index in [1.54, 1.807) is 0 Å². The Morgan fingerprint density at radius 2 is 2.19 bits per heavy atom. The van der Waals surface area contributed by atoms with E-state index in [4.69, 9.17) is 9.47 Å². The number of rotatable bonds is 1. The number of carbonyl (C=O) groups is 2. The van der Waals surface area contributed by atoms with Crippen molar-refractivity contribution in [2.45, 2.75) is 46.6 Å². The van der Waals surface area contributed by atoms with Crippen molar-refractivity contribution in [1.29, 1.82) is 0 Å². The molecule has 0 spiro atoms. The summed E-state index contributed by atoms with van der Waals surface area (Å²) in [5.74, 6) is 0.395. The molecule has 0 bridgehead atoms. The first-order valence-corrected chi connectivity index (χ1v) is 7.35. The van der Waals surface area contributed by atoms with E-state index in [0.29, 0.717) is 17.8 Å². The van der Waals surface area contributed by atoms with Crippen LogP contribution in [-0.4, -0.2) is 18.0 Å². The SMILES string of the molecule is CC(=O)O[C@@H]1CC=C2C=C3OC(=O)C(C)=C3C[C@@]2(C)[C@@H]1C. The summed E-state index contributed by atoms with van der Waals surface area (Å²) < 4.78 is 10.8. The second-order valence-corrected chi connectivity index (χ2v) is 6.43. The second kappa shape index (κ2) is 4.58. The highest BCUT2D eigenvalue weighted by molar-refractivity contribution is 5.94. The van der Waals surface area contributed by atoms with Gasteiger partial charge in [0.25, 0.3) is 0 Å². The molecule has 0 unspecified atom stereocenters. The molecule has 112 valence electrons. The standard InChI is InChI=1S/C17H20O4/c1-9-13-8-17(4)10(2)14(20-11(3)18)6-5-12(17)7-15(13)21-16(9)19/h5,7,10,14H,6,8H2,1-4H3/t10-,14-,17+/m1/s1. The monoisotopic (exact) mass is 288 g/mol. The molecule has 0 N–H and O–H groups in total. The zero-order valence-electron chi connectivity index (χ0n) is 12.9. The molecule has 0 fully saturated rings. The lowest BCUT2D eigenvalue weighted by Gasteiger charge is -2.46. The average molecular weight is 288 g/mol. The summed E-state index contributed by atoms with van der Waals surface area (Å²) in [7, 11) is 0. The number of hydrogen-bond acceptors (Lipinski definition) is 4. The molecular weight excluding hydrogens is 268 g/mol. The summed E-state index contributed by atoms with van der Waals surface area (Å²) in [6.07, 6.45) is 5.44. The first-order valence-electron chi connectivity index (χ1n) is 7.35. The molecule has 3 rings (SSSR count). The number of esters is 2. The van der Waals surface area contributed by atoms with Crippen LogP contribution >= 0.6 is 0 Å². The van der Waals surface area contributed by atoms with Gasteiger partial charge in [0, 0.05) is 35.8 Å². The van der Waals surface area contributed by atoms with Crippen molar-refractivity contribution in [3.63, 3.8) is 0 Å². The van der Waals surface area contributed by atoms with E-state index in [1.165, 1.54) is 12.5 Å². The molecule has 0 saturated carbocycles. The highest BCUT2D eigenvalue weighted by Gasteiger charge is 2.47. The molecule has 1 aliphatic heterocycles. The van der Waals surface area contributed by atoms with E-state index in [2.05, 4.69) is 19.9 Å². The lowest BCUT2D eigenvalue weighted by molar-refractivity contribution is -0.151. The molecule has 0 aromatic heterocycles. The predicted octanol–water partition coefficient (Wildman–Crippen LogP) is 3.05. The van der Waals surface area contributed by atoms with Crippen molar-refractivity contribution in [3.8, 4) is 0 Å². The number of hydrogen-bond donors (Lipinski definition) is 0. The van der Waals surface area contributed by atoms with Crippen LogP contribution in [0.15, 0.2) is 34.6 Å². The Bertz CT molecular complexity index is 623. The molecule has 0 radical (unpaired) electrons. The quantitative estimate of drug-likeness (QED) is 0.696. The molecule has 0 saturated heterocycles. The maximum Gasteiger partial charge on any atom is 0.339 e. The average Bonchev–Trinajstić information content (AvgIpc) is 2.67. The zero-order valence-corrected chi connectivity index (χ0v) is 12.9. The van der Waals surface area contributed by atoms with Gasteiger partial charge in [0.15, 0.2) is 0 Å². The summed E-state index contributed by atoms with van der Waals surface area (Å²) in [6.45, 7) is 7.55. The van der Waals surface area contributed by atoms with Gasteiger partial charge in [0.05, 0.1) is 0 Å². The first kappa shape index (κ1) is 14.1. The first-order chi connectivity index (χ1) is 9.83. The fourth-order valence-electron chi connectivity index (χ4n) is 3.59. The normalized spacial score (nSPS) is 34.6. The fourth-order valence-corrected chi connectivity index (χ4v) is 3.59. The summed E-state index contributed by atoms with van der Waals surface area (Å²) in [5.41, 5.74) is 2.74. The van der Waals surface area contributed by atoms with Gasteiger partial charge in [-0.25, -0.2) is 4.79 Å². The van der Waals surface area contributed by atoms with Crippen LogP contribution < -0.4 is 0 Å². The Balaban J connectivity index is 2.01. The van der Waals surface area contributed by atoms with Crippen molar-refractivity contribution in [2.24, 2.45) is 11.3 Å². The molecule has 0 aromatic carbocycles. The minimum absolute atomic E-state index is 0.106. The Labute approximate surface area is 124 Å². The molecule has 0 aromatic rings. The van der Waals surface area contributed by atoms with Crippen molar-refractivity contribution < 1.29 is 19.1 Å². The Kier molecular flexibility index (Phi) is 3.08. The minimum Gasteiger partial charge on any atom is -0.462 e. The molecule has 3 atom stereocenters. The van der Waals surface area contributed by atoms with Gasteiger partial charge in [-0.1, -0.05) is 19.9 Å². The van der Waals surface area contributed by atoms with Crippen molar-refractivity contribution in [1.82, 2.24) is 0 Å². The Morgan fingerprint density at radius 3 is 2.86 bits per heavy atom. The molecule has 21 heavy (non-hydrogen) atoms. The van der Waals surface area contributed by atoms with E-state index in [0.717, 1.165) is 12.0 Å². The van der Waals surface area contributed by atoms with Crippen LogP contribution in [0.3, 0.4) is 0 Å². The molecular formula is C17H20O4. The zero-order chi connectivity index (χ0) is 15.4. The van der Waals surface area contributed by atoms with Gasteiger partial charge in [-0.15, -0.1) is 0 Å². The van der Waals surface area contributed by atoms with Gasteiger partial charge in [0.1, 0.15) is 11.9 Å². The van der Waals surface area contributed by atoms with Crippen LogP contribution in [-0.2, 0) is 19.1 Å². The van der Waals surface area contributed by atoms with Crippen LogP contribution in [0.5, 0.6) is 0 Å². The molecule has 4 heteroatoms. The largest absolute Gasteiger partial charge is 0.462 e. The predicted molar refractivity (Wildman–Crippen MR) is 77.0 cm³/mol. The highest BCUT2D eigenvalue weighted by atomic mass is 16.5. The fraction of sp³-hybridized carbons (Fsp3) is 0.529. The third kappa shape index (κ3) is 2.04. The van der Waals surface area contributed by atoms with E-state index >= 15 is 0 Å². The van der Waals surface area contributed by atoms with Crippen molar-refractivity contribution in [2.75, 3.05) is 0 Å². The lowest BCUT2D eigenvalue weighted by Crippen LogP contribution is -2.42. The minimum atomic E-state index is -0.247. The number of fused-ring (bicyclic) bond motifs is 2. The lowest BCUT2D eigenvalue weighted by atomic mass is 9.60. The Hall–Kier alpha value is -1.84. The van der Waals surface area contributed by atoms with Gasteiger partial charge >= 0.3 is 11.9 Å². The number of ether oxygens (including phenoxy) is 2. The van der Waals surface area contributed by atoms with Crippen molar-refractivity contribution in [3.05, 3.63) is 34.6 Å². The Morgan fingerprint density at radius 1 is 1.48 bits per heavy atom. The van der Waals surface area contributed by atoms with Gasteiger partial charge in [-0.05, 0) is 25.0 Å². The van der Waals surface area contributed by atoms with Crippen LogP contribution in [0.4, 0.5) is 0 Å². The molecule has 2 aliphatic carbocycles. The molecule has 1 heterocycles. The van der Waals surface area contributed by atoms with Crippen LogP contribution in [0.1, 0.15) is 40.5 Å². The number of allylic oxidation sites excluding steroid dienone is 3. The summed E-state index contributed by atoms with van der Waals surface area (Å²) in [6, 6.07) is 0. The van der Waals surface area contributed by atoms with Crippen molar-refractivity contribution >= 4 is 11.9 Å². The topological polar surface area (TPSA) is 52.6 Å². The maximum absolute atomic E-state index is 11.7. The van der Waals surface area contributed by atoms with Gasteiger partial charge in [-0.2, -0.15) is 0 Å². The maximum atomic E-state index is 11.7. The summed E-state index contributed by atoms with van der Waals surface area (Å²) in [4.78, 5) is 23.0. The highest BCUT2D eigenvalue weighted by Crippen LogP contribution is 2.53. The van der Waals surface area contributed by atoms with E-state index in [9.17, 15) is 9.59 Å². The van der Waals surface area contributed by atoms with E-state index < -0.39 is 0 Å². The summed E-state index contributed by atoms with van der Waals surface area (Å²) in [5, 5.41) is 0. The van der Waals surface area contributed by atoms with Crippen LogP contribution in [0.25, 0.3) is 0 Å².